The third-order valence-corrected chi connectivity index (χ3v) is 3.79. The lowest BCUT2D eigenvalue weighted by atomic mass is 10.2. The molecule has 0 amide bonds. The Kier molecular flexibility index (Phi) is 4.31. The van der Waals surface area contributed by atoms with Gasteiger partial charge >= 0.3 is 6.18 Å². The van der Waals surface area contributed by atoms with Gasteiger partial charge in [0, 0.05) is 17.1 Å². The van der Waals surface area contributed by atoms with Gasteiger partial charge in [0.15, 0.2) is 5.69 Å². The Morgan fingerprint density at radius 2 is 2.05 bits per heavy atom. The third-order valence-electron chi connectivity index (χ3n) is 2.46. The number of hydrogen-bond acceptors (Lipinski definition) is 3. The first kappa shape index (κ1) is 15.2. The van der Waals surface area contributed by atoms with Crippen molar-refractivity contribution in [2.45, 2.75) is 12.7 Å². The van der Waals surface area contributed by atoms with E-state index in [9.17, 15) is 17.6 Å². The minimum absolute atomic E-state index is 0.00863. The van der Waals surface area contributed by atoms with Gasteiger partial charge < -0.3 is 5.32 Å². The van der Waals surface area contributed by atoms with Crippen molar-refractivity contribution in [3.8, 4) is 10.6 Å². The predicted octanol–water partition coefficient (Wildman–Crippen LogP) is 4.34. The summed E-state index contributed by atoms with van der Waals surface area (Å²) in [4.78, 5) is 3.54. The van der Waals surface area contributed by atoms with Crippen molar-refractivity contribution < 1.29 is 17.6 Å². The Morgan fingerprint density at radius 1 is 1.35 bits per heavy atom. The van der Waals surface area contributed by atoms with Crippen LogP contribution in [0.5, 0.6) is 0 Å². The SMILES string of the molecule is CNCc1sc(-c2cc(Cl)ccc2F)nc1C(F)(F)F. The van der Waals surface area contributed by atoms with Crippen LogP contribution in [0.15, 0.2) is 18.2 Å². The van der Waals surface area contributed by atoms with E-state index in [0.29, 0.717) is 0 Å². The van der Waals surface area contributed by atoms with Crippen LogP contribution >= 0.6 is 22.9 Å². The van der Waals surface area contributed by atoms with E-state index in [1.54, 1.807) is 0 Å². The highest BCUT2D eigenvalue weighted by molar-refractivity contribution is 7.15. The molecule has 1 aromatic heterocycles. The van der Waals surface area contributed by atoms with E-state index < -0.39 is 17.7 Å². The van der Waals surface area contributed by atoms with Gasteiger partial charge in [-0.15, -0.1) is 11.3 Å². The fourth-order valence-corrected chi connectivity index (χ4v) is 2.91. The zero-order valence-corrected chi connectivity index (χ0v) is 11.8. The summed E-state index contributed by atoms with van der Waals surface area (Å²) in [6, 6.07) is 3.69. The molecule has 0 fully saturated rings. The van der Waals surface area contributed by atoms with E-state index >= 15 is 0 Å². The van der Waals surface area contributed by atoms with Gasteiger partial charge in [-0.1, -0.05) is 11.6 Å². The molecule has 20 heavy (non-hydrogen) atoms. The van der Waals surface area contributed by atoms with Crippen LogP contribution in [-0.4, -0.2) is 12.0 Å². The predicted molar refractivity (Wildman–Crippen MR) is 70.3 cm³/mol. The molecule has 0 saturated heterocycles. The Hall–Kier alpha value is -1.18. The fourth-order valence-electron chi connectivity index (χ4n) is 1.63. The normalized spacial score (nSPS) is 11.9. The average molecular weight is 325 g/mol. The molecular formula is C12H9ClF4N2S. The zero-order valence-electron chi connectivity index (χ0n) is 10.2. The van der Waals surface area contributed by atoms with Gasteiger partial charge in [-0.2, -0.15) is 13.2 Å². The number of benzene rings is 1. The number of nitrogens with one attached hydrogen (secondary N) is 1. The second-order valence-electron chi connectivity index (χ2n) is 3.94. The number of hydrogen-bond donors (Lipinski definition) is 1. The molecule has 0 bridgehead atoms. The first-order valence-corrected chi connectivity index (χ1v) is 6.69. The van der Waals surface area contributed by atoms with Gasteiger partial charge in [-0.3, -0.25) is 0 Å². The highest BCUT2D eigenvalue weighted by Gasteiger charge is 2.37. The number of thiazole rings is 1. The monoisotopic (exact) mass is 324 g/mol. The van der Waals surface area contributed by atoms with Crippen LogP contribution in [-0.2, 0) is 12.7 Å². The summed E-state index contributed by atoms with van der Waals surface area (Å²) in [5, 5.41) is 2.84. The van der Waals surface area contributed by atoms with Gasteiger partial charge in [0.05, 0.1) is 4.88 Å². The summed E-state index contributed by atoms with van der Waals surface area (Å²) >= 11 is 6.53. The summed E-state index contributed by atoms with van der Waals surface area (Å²) in [6.45, 7) is 0.00863. The number of rotatable bonds is 3. The Morgan fingerprint density at radius 3 is 2.65 bits per heavy atom. The Bertz CT molecular complexity index is 624. The van der Waals surface area contributed by atoms with E-state index in [-0.39, 0.29) is 27.0 Å². The second kappa shape index (κ2) is 5.67. The summed E-state index contributed by atoms with van der Waals surface area (Å²) in [5.74, 6) is -0.659. The third kappa shape index (κ3) is 3.11. The molecular weight excluding hydrogens is 316 g/mol. The maximum absolute atomic E-state index is 13.7. The van der Waals surface area contributed by atoms with Crippen LogP contribution in [0.2, 0.25) is 5.02 Å². The molecule has 0 aliphatic rings. The van der Waals surface area contributed by atoms with Crippen molar-refractivity contribution in [1.29, 1.82) is 0 Å². The minimum Gasteiger partial charge on any atom is -0.315 e. The van der Waals surface area contributed by atoms with Gasteiger partial charge in [0.2, 0.25) is 0 Å². The number of alkyl halides is 3. The maximum Gasteiger partial charge on any atom is 0.434 e. The molecule has 0 aliphatic heterocycles. The maximum atomic E-state index is 13.7. The van der Waals surface area contributed by atoms with Gasteiger partial charge in [0.25, 0.3) is 0 Å². The largest absolute Gasteiger partial charge is 0.434 e. The summed E-state index contributed by atoms with van der Waals surface area (Å²) in [7, 11) is 1.53. The van der Waals surface area contributed by atoms with Crippen LogP contribution in [0, 0.1) is 5.82 Å². The average Bonchev–Trinajstić information content (AvgIpc) is 2.76. The molecule has 108 valence electrons. The smallest absolute Gasteiger partial charge is 0.315 e. The van der Waals surface area contributed by atoms with E-state index in [2.05, 4.69) is 10.3 Å². The van der Waals surface area contributed by atoms with Crippen LogP contribution in [0.4, 0.5) is 17.6 Å². The first-order chi connectivity index (χ1) is 9.32. The molecule has 2 aromatic rings. The molecule has 8 heteroatoms. The van der Waals surface area contributed by atoms with Gasteiger partial charge in [0.1, 0.15) is 10.8 Å². The highest BCUT2D eigenvalue weighted by Crippen LogP contribution is 2.38. The van der Waals surface area contributed by atoms with E-state index in [0.717, 1.165) is 17.4 Å². The van der Waals surface area contributed by atoms with E-state index in [4.69, 9.17) is 11.6 Å². The van der Waals surface area contributed by atoms with Crippen LogP contribution < -0.4 is 5.32 Å². The molecule has 0 radical (unpaired) electrons. The van der Waals surface area contributed by atoms with Crippen molar-refractivity contribution in [3.63, 3.8) is 0 Å². The fraction of sp³-hybridized carbons (Fsp3) is 0.250. The number of nitrogens with zero attached hydrogens (tertiary/aromatic N) is 1. The molecule has 0 saturated carbocycles. The van der Waals surface area contributed by atoms with E-state index in [1.165, 1.54) is 19.2 Å². The quantitative estimate of drug-likeness (QED) is 0.849. The van der Waals surface area contributed by atoms with Gasteiger partial charge in [-0.25, -0.2) is 9.37 Å². The molecule has 2 nitrogen and oxygen atoms in total. The van der Waals surface area contributed by atoms with Crippen molar-refractivity contribution in [3.05, 3.63) is 39.6 Å². The topological polar surface area (TPSA) is 24.9 Å². The number of halogens is 5. The van der Waals surface area contributed by atoms with E-state index in [1.807, 2.05) is 0 Å². The summed E-state index contributed by atoms with van der Waals surface area (Å²) in [5.41, 5.74) is -1.03. The van der Waals surface area contributed by atoms with Crippen LogP contribution in [0.1, 0.15) is 10.6 Å². The molecule has 0 spiro atoms. The molecule has 0 aliphatic carbocycles. The first-order valence-electron chi connectivity index (χ1n) is 5.50. The second-order valence-corrected chi connectivity index (χ2v) is 5.46. The lowest BCUT2D eigenvalue weighted by Gasteiger charge is -2.04. The lowest BCUT2D eigenvalue weighted by molar-refractivity contribution is -0.141. The molecule has 0 atom stereocenters. The lowest BCUT2D eigenvalue weighted by Crippen LogP contribution is -2.12. The minimum atomic E-state index is -4.57. The number of aromatic nitrogens is 1. The summed E-state index contributed by atoms with van der Waals surface area (Å²) < 4.78 is 52.3. The standard InChI is InChI=1S/C12H9ClF4N2S/c1-18-5-9-10(12(15,16)17)19-11(20-9)7-4-6(13)2-3-8(7)14/h2-4,18H,5H2,1H3. The Balaban J connectivity index is 2.55. The van der Waals surface area contributed by atoms with Crippen LogP contribution in [0.3, 0.4) is 0 Å². The van der Waals surface area contributed by atoms with Gasteiger partial charge in [-0.05, 0) is 25.2 Å². The molecule has 1 heterocycles. The molecule has 0 unspecified atom stereocenters. The Labute approximate surface area is 121 Å². The van der Waals surface area contributed by atoms with Crippen molar-refractivity contribution in [1.82, 2.24) is 10.3 Å². The highest BCUT2D eigenvalue weighted by atomic mass is 35.5. The molecule has 1 aromatic carbocycles. The van der Waals surface area contributed by atoms with Crippen LogP contribution in [0.25, 0.3) is 10.6 Å². The summed E-state index contributed by atoms with van der Waals surface area (Å²) in [6.07, 6.45) is -4.57. The molecule has 2 rings (SSSR count). The molecule has 1 N–H and O–H groups in total. The van der Waals surface area contributed by atoms with Crippen molar-refractivity contribution in [2.75, 3.05) is 7.05 Å². The van der Waals surface area contributed by atoms with Crippen molar-refractivity contribution in [2.24, 2.45) is 0 Å². The zero-order chi connectivity index (χ0) is 14.9. The van der Waals surface area contributed by atoms with Crippen molar-refractivity contribution >= 4 is 22.9 Å².